The highest BCUT2D eigenvalue weighted by molar-refractivity contribution is 9.10. The second-order valence-corrected chi connectivity index (χ2v) is 12.4. The number of hydrogen-bond acceptors (Lipinski definition) is 3. The zero-order chi connectivity index (χ0) is 20.3. The first-order valence-corrected chi connectivity index (χ1v) is 12.6. The SMILES string of the molecule is Cc1ccc(P(=S)(c2ccc(C)cc2)[C@@H](C[N+](=O)[O-])c2ccccc2Br)cc1. The lowest BCUT2D eigenvalue weighted by molar-refractivity contribution is -0.479. The Bertz CT molecular complexity index is 986. The highest BCUT2D eigenvalue weighted by Crippen LogP contribution is 2.58. The Labute approximate surface area is 179 Å². The van der Waals surface area contributed by atoms with Gasteiger partial charge in [-0.15, -0.1) is 0 Å². The standard InChI is InChI=1S/C22H21BrNO2PS/c1-16-7-11-18(12-8-16)27(28,19-13-9-17(2)10-14-19)22(15-24(25)26)20-5-3-4-6-21(20)23/h3-14,22H,15H2,1-2H3/t22-/m0/s1. The number of halogens is 1. The summed E-state index contributed by atoms with van der Waals surface area (Å²) >= 11 is 9.99. The van der Waals surface area contributed by atoms with Crippen molar-refractivity contribution in [3.05, 3.63) is 104 Å². The fourth-order valence-corrected chi connectivity index (χ4v) is 8.53. The molecule has 0 saturated carbocycles. The van der Waals surface area contributed by atoms with Crippen LogP contribution in [0.2, 0.25) is 0 Å². The Morgan fingerprint density at radius 2 is 1.39 bits per heavy atom. The predicted molar refractivity (Wildman–Crippen MR) is 125 cm³/mol. The van der Waals surface area contributed by atoms with E-state index in [9.17, 15) is 10.1 Å². The molecule has 0 bridgehead atoms. The molecule has 0 unspecified atom stereocenters. The maximum atomic E-state index is 11.7. The van der Waals surface area contributed by atoms with Crippen molar-refractivity contribution in [2.75, 3.05) is 6.54 Å². The molecule has 3 nitrogen and oxygen atoms in total. The van der Waals surface area contributed by atoms with Crippen molar-refractivity contribution >= 4 is 44.4 Å². The van der Waals surface area contributed by atoms with Crippen molar-refractivity contribution in [2.45, 2.75) is 19.5 Å². The van der Waals surface area contributed by atoms with Crippen molar-refractivity contribution in [3.8, 4) is 0 Å². The number of hydrogen-bond donors (Lipinski definition) is 0. The molecule has 6 heteroatoms. The molecule has 28 heavy (non-hydrogen) atoms. The van der Waals surface area contributed by atoms with Crippen LogP contribution in [0.4, 0.5) is 0 Å². The van der Waals surface area contributed by atoms with E-state index in [1.54, 1.807) is 0 Å². The monoisotopic (exact) mass is 473 g/mol. The van der Waals surface area contributed by atoms with Crippen LogP contribution in [0.3, 0.4) is 0 Å². The van der Waals surface area contributed by atoms with Crippen molar-refractivity contribution in [3.63, 3.8) is 0 Å². The Morgan fingerprint density at radius 1 is 0.929 bits per heavy atom. The third-order valence-corrected chi connectivity index (χ3v) is 11.1. The molecule has 3 rings (SSSR count). The highest BCUT2D eigenvalue weighted by atomic mass is 79.9. The van der Waals surface area contributed by atoms with E-state index in [2.05, 4.69) is 15.9 Å². The van der Waals surface area contributed by atoms with Gasteiger partial charge in [-0.3, -0.25) is 10.1 Å². The molecule has 0 aliphatic rings. The predicted octanol–water partition coefficient (Wildman–Crippen LogP) is 5.51. The number of rotatable bonds is 6. The van der Waals surface area contributed by atoms with Crippen LogP contribution in [0.15, 0.2) is 77.3 Å². The molecule has 3 aromatic rings. The molecule has 0 aliphatic heterocycles. The molecule has 1 atom stereocenters. The van der Waals surface area contributed by atoms with E-state index in [0.717, 1.165) is 31.8 Å². The summed E-state index contributed by atoms with van der Waals surface area (Å²) in [6.07, 6.45) is 0. The van der Waals surface area contributed by atoms with E-state index in [0.29, 0.717) is 0 Å². The molecule has 0 aliphatic carbocycles. The number of benzene rings is 3. The summed E-state index contributed by atoms with van der Waals surface area (Å²) < 4.78 is 0.857. The lowest BCUT2D eigenvalue weighted by atomic mass is 10.1. The van der Waals surface area contributed by atoms with Crippen LogP contribution in [0.1, 0.15) is 22.3 Å². The minimum Gasteiger partial charge on any atom is -0.265 e. The second kappa shape index (κ2) is 8.69. The van der Waals surface area contributed by atoms with Gasteiger partial charge in [0.1, 0.15) is 0 Å². The Balaban J connectivity index is 2.30. The van der Waals surface area contributed by atoms with E-state index >= 15 is 0 Å². The lowest BCUT2D eigenvalue weighted by Gasteiger charge is -2.31. The van der Waals surface area contributed by atoms with Gasteiger partial charge in [-0.2, -0.15) is 0 Å². The Hall–Kier alpha value is -1.81. The van der Waals surface area contributed by atoms with Crippen LogP contribution in [0, 0.1) is 24.0 Å². The van der Waals surface area contributed by atoms with Crippen LogP contribution in [0.5, 0.6) is 0 Å². The lowest BCUT2D eigenvalue weighted by Crippen LogP contribution is -2.26. The Kier molecular flexibility index (Phi) is 6.49. The number of aryl methyl sites for hydroxylation is 2. The maximum Gasteiger partial charge on any atom is 0.215 e. The zero-order valence-electron chi connectivity index (χ0n) is 15.7. The van der Waals surface area contributed by atoms with E-state index < -0.39 is 11.7 Å². The summed E-state index contributed by atoms with van der Waals surface area (Å²) in [6, 6.07) is 21.5. The fourth-order valence-electron chi connectivity index (χ4n) is 3.34. The quantitative estimate of drug-likeness (QED) is 0.269. The molecule has 0 fully saturated rings. The van der Waals surface area contributed by atoms with Crippen molar-refractivity contribution in [2.24, 2.45) is 0 Å². The molecule has 0 heterocycles. The molecule has 3 aromatic carbocycles. The van der Waals surface area contributed by atoms with Gasteiger partial charge in [-0.1, -0.05) is 106 Å². The van der Waals surface area contributed by atoms with Crippen LogP contribution in [-0.2, 0) is 11.8 Å². The summed E-state index contributed by atoms with van der Waals surface area (Å²) in [7, 11) is 0. The number of nitrogens with zero attached hydrogens (tertiary/aromatic N) is 1. The smallest absolute Gasteiger partial charge is 0.215 e. The first-order chi connectivity index (χ1) is 13.3. The summed E-state index contributed by atoms with van der Waals surface area (Å²) in [6.45, 7) is 3.85. The van der Waals surface area contributed by atoms with Crippen LogP contribution in [0.25, 0.3) is 0 Å². The molecule has 0 radical (unpaired) electrons. The normalized spacial score (nSPS) is 12.5. The van der Waals surface area contributed by atoms with E-state index in [4.69, 9.17) is 11.8 Å². The van der Waals surface area contributed by atoms with Gasteiger partial charge in [0.15, 0.2) is 0 Å². The van der Waals surface area contributed by atoms with Gasteiger partial charge in [-0.05, 0) is 36.1 Å². The van der Waals surface area contributed by atoms with Gasteiger partial charge in [-0.25, -0.2) is 0 Å². The average Bonchev–Trinajstić information content (AvgIpc) is 2.67. The van der Waals surface area contributed by atoms with E-state index in [1.807, 2.05) is 86.6 Å². The molecular formula is C22H21BrNO2PS. The van der Waals surface area contributed by atoms with Crippen LogP contribution >= 0.6 is 22.0 Å². The minimum absolute atomic E-state index is 0.207. The van der Waals surface area contributed by atoms with Crippen molar-refractivity contribution in [1.29, 1.82) is 0 Å². The topological polar surface area (TPSA) is 43.1 Å². The van der Waals surface area contributed by atoms with E-state index in [1.165, 1.54) is 0 Å². The molecule has 0 saturated heterocycles. The van der Waals surface area contributed by atoms with E-state index in [-0.39, 0.29) is 11.5 Å². The third kappa shape index (κ3) is 4.27. The largest absolute Gasteiger partial charge is 0.265 e. The molecule has 0 amide bonds. The molecule has 144 valence electrons. The molecule has 0 aromatic heterocycles. The molecular weight excluding hydrogens is 453 g/mol. The first-order valence-electron chi connectivity index (χ1n) is 8.93. The highest BCUT2D eigenvalue weighted by Gasteiger charge is 2.37. The van der Waals surface area contributed by atoms with Gasteiger partial charge in [0, 0.05) is 15.4 Å². The maximum absolute atomic E-state index is 11.7. The Morgan fingerprint density at radius 3 is 1.82 bits per heavy atom. The fraction of sp³-hybridized carbons (Fsp3) is 0.182. The minimum atomic E-state index is -2.51. The molecule has 0 N–H and O–H groups in total. The summed E-state index contributed by atoms with van der Waals surface area (Å²) in [4.78, 5) is 11.4. The number of nitro groups is 1. The first kappa shape index (κ1) is 20.9. The zero-order valence-corrected chi connectivity index (χ0v) is 19.0. The third-order valence-electron chi connectivity index (χ3n) is 4.86. The average molecular weight is 474 g/mol. The second-order valence-electron chi connectivity index (χ2n) is 6.88. The van der Waals surface area contributed by atoms with Gasteiger partial charge in [0.2, 0.25) is 6.54 Å². The van der Waals surface area contributed by atoms with Crippen LogP contribution in [-0.4, -0.2) is 11.5 Å². The van der Waals surface area contributed by atoms with Gasteiger partial charge in [0.25, 0.3) is 0 Å². The van der Waals surface area contributed by atoms with Crippen molar-refractivity contribution in [1.82, 2.24) is 0 Å². The van der Waals surface area contributed by atoms with Crippen molar-refractivity contribution < 1.29 is 4.92 Å². The van der Waals surface area contributed by atoms with Gasteiger partial charge >= 0.3 is 0 Å². The summed E-state index contributed by atoms with van der Waals surface area (Å²) in [5.41, 5.74) is 2.77. The van der Waals surface area contributed by atoms with Gasteiger partial charge in [0.05, 0.1) is 5.66 Å². The van der Waals surface area contributed by atoms with Gasteiger partial charge < -0.3 is 0 Å². The summed E-state index contributed by atoms with van der Waals surface area (Å²) in [5, 5.41) is 13.7. The van der Waals surface area contributed by atoms with Crippen LogP contribution < -0.4 is 10.6 Å². The molecule has 0 spiro atoms. The summed E-state index contributed by atoms with van der Waals surface area (Å²) in [5.74, 6) is 0.